The normalized spacial score (nSPS) is 23.4. The second-order valence-electron chi connectivity index (χ2n) is 6.60. The zero-order valence-electron chi connectivity index (χ0n) is 13.4. The van der Waals surface area contributed by atoms with Gasteiger partial charge in [0.05, 0.1) is 0 Å². The van der Waals surface area contributed by atoms with Crippen LogP contribution in [0.5, 0.6) is 0 Å². The summed E-state index contributed by atoms with van der Waals surface area (Å²) in [6.07, 6.45) is 8.93. The molecule has 1 saturated heterocycles. The Morgan fingerprint density at radius 2 is 2.13 bits per heavy atom. The highest BCUT2D eigenvalue weighted by atomic mass is 35.5. The number of rotatable bonds is 4. The summed E-state index contributed by atoms with van der Waals surface area (Å²) >= 11 is 6.18. The predicted molar refractivity (Wildman–Crippen MR) is 92.7 cm³/mol. The first-order chi connectivity index (χ1) is 11.2. The Balaban J connectivity index is 1.72. The van der Waals surface area contributed by atoms with E-state index >= 15 is 0 Å². The average Bonchev–Trinajstić information content (AvgIpc) is 2.61. The maximum Gasteiger partial charge on any atom is 0.223 e. The van der Waals surface area contributed by atoms with Gasteiger partial charge in [0.2, 0.25) is 5.91 Å². The molecule has 1 aliphatic carbocycles. The van der Waals surface area contributed by atoms with Crippen LogP contribution in [0.25, 0.3) is 0 Å². The number of benzene rings is 1. The van der Waals surface area contributed by atoms with E-state index in [0.717, 1.165) is 50.3 Å². The number of allylic oxidation sites excluding steroid dienone is 2. The van der Waals surface area contributed by atoms with E-state index in [4.69, 9.17) is 16.3 Å². The molecule has 1 atom stereocenters. The molecule has 1 amide bonds. The molecule has 23 heavy (non-hydrogen) atoms. The van der Waals surface area contributed by atoms with Gasteiger partial charge >= 0.3 is 0 Å². The molecule has 3 nitrogen and oxygen atoms in total. The smallest absolute Gasteiger partial charge is 0.223 e. The minimum absolute atomic E-state index is 0.0662. The van der Waals surface area contributed by atoms with Crippen molar-refractivity contribution in [3.8, 4) is 0 Å². The molecule has 2 aliphatic rings. The summed E-state index contributed by atoms with van der Waals surface area (Å²) < 4.78 is 5.54. The van der Waals surface area contributed by atoms with Crippen molar-refractivity contribution >= 4 is 17.5 Å². The third-order valence-corrected chi connectivity index (χ3v) is 5.36. The van der Waals surface area contributed by atoms with Crippen LogP contribution in [0.3, 0.4) is 0 Å². The van der Waals surface area contributed by atoms with Crippen molar-refractivity contribution in [1.29, 1.82) is 0 Å². The molecule has 124 valence electrons. The molecule has 1 fully saturated rings. The number of ether oxygens (including phenoxy) is 1. The Bertz CT molecular complexity index is 578. The van der Waals surface area contributed by atoms with E-state index < -0.39 is 0 Å². The molecule has 1 N–H and O–H groups in total. The summed E-state index contributed by atoms with van der Waals surface area (Å²) in [6, 6.07) is 8.03. The first-order valence-electron chi connectivity index (χ1n) is 8.46. The molecule has 0 radical (unpaired) electrons. The van der Waals surface area contributed by atoms with Gasteiger partial charge in [-0.2, -0.15) is 0 Å². The molecular formula is C19H24ClNO2. The standard InChI is InChI=1S/C19H24ClNO2/c20-17-8-4-7-16(13-17)19(9-11-23-12-10-19)14-21-18(22)15-5-2-1-3-6-15/h1-2,4,7-8,13,15H,3,5-6,9-12,14H2,(H,21,22). The van der Waals surface area contributed by atoms with Gasteiger partial charge in [-0.3, -0.25) is 4.79 Å². The van der Waals surface area contributed by atoms with E-state index in [2.05, 4.69) is 23.5 Å². The highest BCUT2D eigenvalue weighted by Gasteiger charge is 2.35. The minimum atomic E-state index is -0.0662. The fourth-order valence-electron chi connectivity index (χ4n) is 3.58. The molecule has 3 rings (SSSR count). The number of halogens is 1. The molecule has 0 aromatic heterocycles. The van der Waals surface area contributed by atoms with Crippen LogP contribution in [0.15, 0.2) is 36.4 Å². The van der Waals surface area contributed by atoms with E-state index in [1.165, 1.54) is 5.56 Å². The second kappa shape index (κ2) is 7.50. The van der Waals surface area contributed by atoms with Gasteiger partial charge in [-0.1, -0.05) is 35.9 Å². The Morgan fingerprint density at radius 3 is 2.83 bits per heavy atom. The Morgan fingerprint density at radius 1 is 1.30 bits per heavy atom. The second-order valence-corrected chi connectivity index (χ2v) is 7.04. The van der Waals surface area contributed by atoms with E-state index in [9.17, 15) is 4.79 Å². The lowest BCUT2D eigenvalue weighted by Crippen LogP contribution is -2.46. The van der Waals surface area contributed by atoms with Crippen LogP contribution in [-0.2, 0) is 14.9 Å². The Kier molecular flexibility index (Phi) is 5.39. The molecule has 1 heterocycles. The van der Waals surface area contributed by atoms with Crippen LogP contribution in [0, 0.1) is 5.92 Å². The van der Waals surface area contributed by atoms with Gasteiger partial charge in [0.15, 0.2) is 0 Å². The van der Waals surface area contributed by atoms with E-state index in [-0.39, 0.29) is 17.2 Å². The number of carbonyl (C=O) groups is 1. The van der Waals surface area contributed by atoms with Crippen LogP contribution in [0.2, 0.25) is 5.02 Å². The van der Waals surface area contributed by atoms with Gasteiger partial charge < -0.3 is 10.1 Å². The third kappa shape index (κ3) is 3.96. The van der Waals surface area contributed by atoms with Gasteiger partial charge in [-0.25, -0.2) is 0 Å². The maximum absolute atomic E-state index is 12.5. The summed E-state index contributed by atoms with van der Waals surface area (Å²) in [7, 11) is 0. The highest BCUT2D eigenvalue weighted by molar-refractivity contribution is 6.30. The topological polar surface area (TPSA) is 38.3 Å². The Labute approximate surface area is 143 Å². The fraction of sp³-hybridized carbons (Fsp3) is 0.526. The largest absolute Gasteiger partial charge is 0.381 e. The van der Waals surface area contributed by atoms with Crippen molar-refractivity contribution in [2.75, 3.05) is 19.8 Å². The molecule has 4 heteroatoms. The van der Waals surface area contributed by atoms with E-state index in [1.54, 1.807) is 0 Å². The van der Waals surface area contributed by atoms with Gasteiger partial charge in [-0.05, 0) is 49.8 Å². The van der Waals surface area contributed by atoms with Crippen molar-refractivity contribution in [1.82, 2.24) is 5.32 Å². The molecule has 0 saturated carbocycles. The molecular weight excluding hydrogens is 310 g/mol. The quantitative estimate of drug-likeness (QED) is 0.850. The zero-order valence-corrected chi connectivity index (χ0v) is 14.1. The van der Waals surface area contributed by atoms with Gasteiger partial charge in [0.25, 0.3) is 0 Å². The Hall–Kier alpha value is -1.32. The molecule has 0 bridgehead atoms. The van der Waals surface area contributed by atoms with Crippen LogP contribution < -0.4 is 5.32 Å². The van der Waals surface area contributed by atoms with E-state index in [0.29, 0.717) is 6.54 Å². The number of carbonyl (C=O) groups excluding carboxylic acids is 1. The van der Waals surface area contributed by atoms with E-state index in [1.807, 2.05) is 18.2 Å². The summed E-state index contributed by atoms with van der Waals surface area (Å²) in [5.41, 5.74) is 1.14. The number of nitrogens with one attached hydrogen (secondary N) is 1. The zero-order chi connectivity index (χ0) is 16.1. The number of amides is 1. The van der Waals surface area contributed by atoms with Crippen molar-refractivity contribution in [2.24, 2.45) is 5.92 Å². The lowest BCUT2D eigenvalue weighted by molar-refractivity contribution is -0.125. The van der Waals surface area contributed by atoms with Gasteiger partial charge in [0.1, 0.15) is 0 Å². The van der Waals surface area contributed by atoms with Crippen molar-refractivity contribution in [3.05, 3.63) is 47.0 Å². The first-order valence-corrected chi connectivity index (χ1v) is 8.84. The monoisotopic (exact) mass is 333 g/mol. The van der Waals surface area contributed by atoms with Gasteiger partial charge in [-0.15, -0.1) is 0 Å². The van der Waals surface area contributed by atoms with Crippen molar-refractivity contribution < 1.29 is 9.53 Å². The summed E-state index contributed by atoms with van der Waals surface area (Å²) in [5.74, 6) is 0.304. The molecule has 1 aliphatic heterocycles. The van der Waals surface area contributed by atoms with Crippen molar-refractivity contribution in [3.63, 3.8) is 0 Å². The number of hydrogen-bond acceptors (Lipinski definition) is 2. The maximum atomic E-state index is 12.5. The first kappa shape index (κ1) is 16.5. The van der Waals surface area contributed by atoms with Crippen LogP contribution in [-0.4, -0.2) is 25.7 Å². The third-order valence-electron chi connectivity index (χ3n) is 5.13. The molecule has 0 spiro atoms. The van der Waals surface area contributed by atoms with Crippen LogP contribution in [0.1, 0.15) is 37.7 Å². The molecule has 1 unspecified atom stereocenters. The fourth-order valence-corrected chi connectivity index (χ4v) is 3.77. The van der Waals surface area contributed by atoms with Crippen molar-refractivity contribution in [2.45, 2.75) is 37.5 Å². The summed E-state index contributed by atoms with van der Waals surface area (Å²) in [5, 5.41) is 3.96. The molecule has 1 aromatic carbocycles. The summed E-state index contributed by atoms with van der Waals surface area (Å²) in [6.45, 7) is 2.12. The predicted octanol–water partition coefficient (Wildman–Crippen LogP) is 3.86. The minimum Gasteiger partial charge on any atom is -0.381 e. The number of hydrogen-bond donors (Lipinski definition) is 1. The van der Waals surface area contributed by atoms with Gasteiger partial charge in [0, 0.05) is 36.1 Å². The lowest BCUT2D eigenvalue weighted by Gasteiger charge is -2.38. The van der Waals surface area contributed by atoms with Crippen LogP contribution >= 0.6 is 11.6 Å². The average molecular weight is 334 g/mol. The highest BCUT2D eigenvalue weighted by Crippen LogP contribution is 2.35. The SMILES string of the molecule is O=C(NCC1(c2cccc(Cl)c2)CCOCC1)C1CC=CCC1. The summed E-state index contributed by atoms with van der Waals surface area (Å²) in [4.78, 5) is 12.5. The van der Waals surface area contributed by atoms with Crippen LogP contribution in [0.4, 0.5) is 0 Å². The lowest BCUT2D eigenvalue weighted by atomic mass is 9.74. The molecule has 1 aromatic rings.